The molecule has 0 aliphatic heterocycles. The summed E-state index contributed by atoms with van der Waals surface area (Å²) in [6.45, 7) is 0. The van der Waals surface area contributed by atoms with Gasteiger partial charge in [-0.2, -0.15) is 0 Å². The molecule has 9 heteroatoms. The van der Waals surface area contributed by atoms with Gasteiger partial charge in [-0.05, 0) is 17.3 Å². The minimum atomic E-state index is -0.175. The van der Waals surface area contributed by atoms with Crippen molar-refractivity contribution >= 4 is 33.2 Å². The van der Waals surface area contributed by atoms with Crippen molar-refractivity contribution in [2.24, 2.45) is 5.18 Å². The van der Waals surface area contributed by atoms with E-state index >= 15 is 0 Å². The molecule has 1 radical (unpaired) electrons. The molecule has 2 aromatic heterocycles. The second-order valence-electron chi connectivity index (χ2n) is 4.96. The quantitative estimate of drug-likeness (QED) is 0.200. The van der Waals surface area contributed by atoms with Gasteiger partial charge in [-0.25, -0.2) is 0 Å². The maximum atomic E-state index is 10.4. The van der Waals surface area contributed by atoms with E-state index in [0.717, 1.165) is 5.52 Å². The standard InChI is InChI=1S/C8H7N2O2.C8H6N2O2.Cu/c2*11-8-7(10-12)5-3-1-2-4-6(5)9-8;/h1-4,9-11H;1-4,9,11H;/q-1;;. The number of fused-ring (bicyclic) bond motifs is 2. The molecule has 2 aromatic carbocycles. The number of para-hydroxylation sites is 2. The van der Waals surface area contributed by atoms with Crippen LogP contribution in [0.1, 0.15) is 0 Å². The van der Waals surface area contributed by atoms with Crippen LogP contribution in [-0.4, -0.2) is 20.2 Å². The first kappa shape index (κ1) is 18.3. The Morgan fingerprint density at radius 2 is 1.40 bits per heavy atom. The van der Waals surface area contributed by atoms with Crippen molar-refractivity contribution in [3.8, 4) is 11.8 Å². The van der Waals surface area contributed by atoms with Gasteiger partial charge in [0.2, 0.25) is 11.8 Å². The maximum Gasteiger partial charge on any atom is 0.219 e. The number of aromatic hydroxyl groups is 2. The van der Waals surface area contributed by atoms with Crippen molar-refractivity contribution in [2.45, 2.75) is 0 Å². The molecule has 0 fully saturated rings. The predicted molar refractivity (Wildman–Crippen MR) is 92.4 cm³/mol. The first-order chi connectivity index (χ1) is 11.7. The first-order valence-electron chi connectivity index (χ1n) is 6.96. The molecular formula is C16H13CuN4O4-. The summed E-state index contributed by atoms with van der Waals surface area (Å²) >= 11 is 0. The van der Waals surface area contributed by atoms with Gasteiger partial charge >= 0.3 is 0 Å². The third-order valence-electron chi connectivity index (χ3n) is 3.54. The molecule has 8 nitrogen and oxygen atoms in total. The summed E-state index contributed by atoms with van der Waals surface area (Å²) < 4.78 is 0. The molecule has 0 unspecified atom stereocenters. The molecule has 4 rings (SSSR count). The zero-order valence-electron chi connectivity index (χ0n) is 12.6. The zero-order chi connectivity index (χ0) is 17.1. The van der Waals surface area contributed by atoms with E-state index in [1.165, 1.54) is 0 Å². The molecule has 5 N–H and O–H groups in total. The Bertz CT molecular complexity index is 1010. The Balaban J connectivity index is 0.000000173. The number of benzene rings is 2. The third-order valence-corrected chi connectivity index (χ3v) is 3.54. The topological polar surface area (TPSA) is 137 Å². The van der Waals surface area contributed by atoms with Crippen LogP contribution in [0.3, 0.4) is 0 Å². The zero-order valence-corrected chi connectivity index (χ0v) is 13.5. The smallest absolute Gasteiger partial charge is 0.219 e. The van der Waals surface area contributed by atoms with Crippen molar-refractivity contribution in [1.82, 2.24) is 9.97 Å². The van der Waals surface area contributed by atoms with E-state index in [1.807, 2.05) is 12.1 Å². The summed E-state index contributed by atoms with van der Waals surface area (Å²) in [5, 5.41) is 32.9. The number of nitroso groups, excluding NO2 is 1. The normalized spacial score (nSPS) is 9.96. The monoisotopic (exact) mass is 388 g/mol. The second-order valence-corrected chi connectivity index (χ2v) is 4.96. The van der Waals surface area contributed by atoms with Gasteiger partial charge in [-0.15, -0.1) is 4.91 Å². The molecule has 133 valence electrons. The molecule has 25 heavy (non-hydrogen) atoms. The van der Waals surface area contributed by atoms with Gasteiger partial charge in [0.05, 0.1) is 16.7 Å². The number of rotatable bonds is 2. The summed E-state index contributed by atoms with van der Waals surface area (Å²) in [7, 11) is 0. The second kappa shape index (κ2) is 7.71. The molecule has 0 spiro atoms. The average molecular weight is 389 g/mol. The molecule has 0 saturated carbocycles. The van der Waals surface area contributed by atoms with E-state index in [4.69, 9.17) is 0 Å². The van der Waals surface area contributed by atoms with Crippen LogP contribution < -0.4 is 5.48 Å². The molecule has 0 saturated heterocycles. The molecule has 0 aliphatic carbocycles. The van der Waals surface area contributed by atoms with Gasteiger partial charge in [-0.1, -0.05) is 36.4 Å². The summed E-state index contributed by atoms with van der Waals surface area (Å²) in [6.07, 6.45) is 0. The van der Waals surface area contributed by atoms with Crippen LogP contribution in [0.15, 0.2) is 53.7 Å². The van der Waals surface area contributed by atoms with Gasteiger partial charge in [0.15, 0.2) is 5.69 Å². The summed E-state index contributed by atoms with van der Waals surface area (Å²) in [6, 6.07) is 14.3. The molecule has 0 amide bonds. The number of hydrogen-bond donors (Lipinski definition) is 5. The minimum absolute atomic E-state index is 0. The average Bonchev–Trinajstić information content (AvgIpc) is 3.09. The molecule has 4 aromatic rings. The number of anilines is 1. The first-order valence-corrected chi connectivity index (χ1v) is 6.96. The largest absolute Gasteiger partial charge is 0.761 e. The van der Waals surface area contributed by atoms with E-state index in [-0.39, 0.29) is 40.2 Å². The van der Waals surface area contributed by atoms with Crippen LogP contribution in [-0.2, 0) is 17.1 Å². The van der Waals surface area contributed by atoms with Crippen LogP contribution >= 0.6 is 0 Å². The molecular weight excluding hydrogens is 376 g/mol. The summed E-state index contributed by atoms with van der Waals surface area (Å²) in [5.41, 5.74) is 3.42. The fourth-order valence-electron chi connectivity index (χ4n) is 2.44. The Labute approximate surface area is 151 Å². The number of H-pyrrole nitrogens is 2. The molecule has 0 aliphatic rings. The van der Waals surface area contributed by atoms with Crippen molar-refractivity contribution in [2.75, 3.05) is 5.48 Å². The van der Waals surface area contributed by atoms with Gasteiger partial charge in [-0.3, -0.25) is 0 Å². The van der Waals surface area contributed by atoms with E-state index in [2.05, 4.69) is 15.1 Å². The van der Waals surface area contributed by atoms with Crippen molar-refractivity contribution in [1.29, 1.82) is 0 Å². The van der Waals surface area contributed by atoms with E-state index in [0.29, 0.717) is 16.3 Å². The van der Waals surface area contributed by atoms with Crippen LogP contribution in [0.5, 0.6) is 11.8 Å². The van der Waals surface area contributed by atoms with E-state index < -0.39 is 0 Å². The summed E-state index contributed by atoms with van der Waals surface area (Å²) in [5.74, 6) is -0.294. The molecule has 0 atom stereocenters. The van der Waals surface area contributed by atoms with Crippen molar-refractivity contribution in [3.05, 3.63) is 58.6 Å². The molecule has 0 bridgehead atoms. The number of aromatic nitrogens is 2. The fraction of sp³-hybridized carbons (Fsp3) is 0. The van der Waals surface area contributed by atoms with Crippen LogP contribution in [0.4, 0.5) is 11.4 Å². The summed E-state index contributed by atoms with van der Waals surface area (Å²) in [4.78, 5) is 15.6. The van der Waals surface area contributed by atoms with Crippen LogP contribution in [0.25, 0.3) is 21.8 Å². The minimum Gasteiger partial charge on any atom is -0.761 e. The SMILES string of the molecule is O=Nc1c(O)[nH]c2ccccc12.[Cu].[O-]Nc1c(O)[nH]c2ccccc12. The van der Waals surface area contributed by atoms with Gasteiger partial charge in [0, 0.05) is 27.8 Å². The van der Waals surface area contributed by atoms with Crippen molar-refractivity contribution in [3.63, 3.8) is 0 Å². The predicted octanol–water partition coefficient (Wildman–Crippen LogP) is 4.05. The Morgan fingerprint density at radius 3 is 2.00 bits per heavy atom. The van der Waals surface area contributed by atoms with E-state index in [9.17, 15) is 20.3 Å². The maximum absolute atomic E-state index is 10.4. The van der Waals surface area contributed by atoms with Crippen LogP contribution in [0.2, 0.25) is 0 Å². The number of nitrogens with one attached hydrogen (secondary N) is 3. The van der Waals surface area contributed by atoms with Gasteiger partial charge < -0.3 is 30.9 Å². The van der Waals surface area contributed by atoms with Gasteiger partial charge in [0.25, 0.3) is 0 Å². The number of aromatic amines is 2. The van der Waals surface area contributed by atoms with E-state index in [1.54, 1.807) is 41.9 Å². The Kier molecular flexibility index (Phi) is 5.66. The molecule has 2 heterocycles. The fourth-order valence-corrected chi connectivity index (χ4v) is 2.44. The number of hydrogen-bond acceptors (Lipinski definition) is 6. The third kappa shape index (κ3) is 3.43. The van der Waals surface area contributed by atoms with Gasteiger partial charge in [0.1, 0.15) is 0 Å². The Morgan fingerprint density at radius 1 is 0.880 bits per heavy atom. The Hall–Kier alpha value is -3.00. The number of nitrogens with zero attached hydrogens (tertiary/aromatic N) is 1. The van der Waals surface area contributed by atoms with Crippen molar-refractivity contribution < 1.29 is 27.3 Å². The van der Waals surface area contributed by atoms with Crippen LogP contribution in [0, 0.1) is 10.1 Å².